The van der Waals surface area contributed by atoms with Crippen molar-refractivity contribution in [1.82, 2.24) is 0 Å². The molecule has 4 heteroatoms. The van der Waals surface area contributed by atoms with Gasteiger partial charge in [-0.05, 0) is 48.7 Å². The number of para-hydroxylation sites is 1. The lowest BCUT2D eigenvalue weighted by atomic mass is 10.0. The first kappa shape index (κ1) is 17.6. The smallest absolute Gasteiger partial charge is 0.258 e. The predicted molar refractivity (Wildman–Crippen MR) is 109 cm³/mol. The van der Waals surface area contributed by atoms with E-state index in [4.69, 9.17) is 16.3 Å². The zero-order valence-corrected chi connectivity index (χ0v) is 15.7. The number of anilines is 1. The van der Waals surface area contributed by atoms with E-state index in [0.29, 0.717) is 22.9 Å². The third kappa shape index (κ3) is 3.83. The molecule has 0 saturated heterocycles. The first-order chi connectivity index (χ1) is 13.2. The van der Waals surface area contributed by atoms with E-state index in [9.17, 15) is 4.79 Å². The molecule has 0 fully saturated rings. The van der Waals surface area contributed by atoms with Gasteiger partial charge in [0.15, 0.2) is 0 Å². The second-order valence-electron chi connectivity index (χ2n) is 6.60. The number of ether oxygens (including phenoxy) is 1. The average molecular weight is 378 g/mol. The molecule has 3 aromatic carbocycles. The van der Waals surface area contributed by atoms with Crippen molar-refractivity contribution in [2.75, 3.05) is 11.4 Å². The molecule has 0 spiro atoms. The van der Waals surface area contributed by atoms with Crippen molar-refractivity contribution < 1.29 is 9.53 Å². The molecule has 0 atom stereocenters. The van der Waals surface area contributed by atoms with Gasteiger partial charge in [-0.3, -0.25) is 4.79 Å². The van der Waals surface area contributed by atoms with Gasteiger partial charge < -0.3 is 9.64 Å². The van der Waals surface area contributed by atoms with Crippen LogP contribution in [-0.2, 0) is 13.0 Å². The molecule has 4 rings (SSSR count). The second-order valence-corrected chi connectivity index (χ2v) is 7.00. The molecule has 0 aliphatic carbocycles. The number of hydrogen-bond acceptors (Lipinski definition) is 2. The molecular formula is C23H20ClNO2. The summed E-state index contributed by atoms with van der Waals surface area (Å²) >= 11 is 6.18. The van der Waals surface area contributed by atoms with Crippen molar-refractivity contribution in [2.24, 2.45) is 0 Å². The quantitative estimate of drug-likeness (QED) is 0.599. The Kier molecular flexibility index (Phi) is 5.12. The number of carbonyl (C=O) groups excluding carboxylic acids is 1. The molecular weight excluding hydrogens is 358 g/mol. The summed E-state index contributed by atoms with van der Waals surface area (Å²) in [6.07, 6.45) is 1.99. The molecule has 0 aromatic heterocycles. The molecule has 27 heavy (non-hydrogen) atoms. The third-order valence-corrected chi connectivity index (χ3v) is 5.16. The molecule has 0 saturated carbocycles. The number of rotatable bonds is 4. The Morgan fingerprint density at radius 3 is 2.70 bits per heavy atom. The minimum Gasteiger partial charge on any atom is -0.489 e. The van der Waals surface area contributed by atoms with Crippen LogP contribution in [0.15, 0.2) is 72.8 Å². The summed E-state index contributed by atoms with van der Waals surface area (Å²) in [4.78, 5) is 15.0. The highest BCUT2D eigenvalue weighted by molar-refractivity contribution is 6.31. The Hall–Kier alpha value is -2.78. The van der Waals surface area contributed by atoms with Gasteiger partial charge in [0.05, 0.1) is 0 Å². The van der Waals surface area contributed by atoms with Crippen LogP contribution in [0.25, 0.3) is 0 Å². The van der Waals surface area contributed by atoms with E-state index in [2.05, 4.69) is 6.07 Å². The van der Waals surface area contributed by atoms with E-state index >= 15 is 0 Å². The summed E-state index contributed by atoms with van der Waals surface area (Å²) in [6, 6.07) is 23.1. The van der Waals surface area contributed by atoms with Crippen LogP contribution in [0.4, 0.5) is 5.69 Å². The van der Waals surface area contributed by atoms with Crippen LogP contribution in [0.3, 0.4) is 0 Å². The standard InChI is InChI=1S/C23H20ClNO2/c24-21-12-3-1-8-19(21)16-27-20-11-5-9-18(15-20)23(26)25-14-6-10-17-7-2-4-13-22(17)25/h1-5,7-9,11-13,15H,6,10,14,16H2. The summed E-state index contributed by atoms with van der Waals surface area (Å²) < 4.78 is 5.87. The molecule has 3 nitrogen and oxygen atoms in total. The van der Waals surface area contributed by atoms with Gasteiger partial charge in [-0.2, -0.15) is 0 Å². The van der Waals surface area contributed by atoms with Crippen LogP contribution in [-0.4, -0.2) is 12.5 Å². The van der Waals surface area contributed by atoms with Crippen molar-refractivity contribution >= 4 is 23.2 Å². The highest BCUT2D eigenvalue weighted by Crippen LogP contribution is 2.29. The van der Waals surface area contributed by atoms with Crippen LogP contribution in [0, 0.1) is 0 Å². The maximum Gasteiger partial charge on any atom is 0.258 e. The maximum absolute atomic E-state index is 13.1. The normalized spacial score (nSPS) is 13.1. The minimum absolute atomic E-state index is 0.00495. The van der Waals surface area contributed by atoms with Gasteiger partial charge in [0.1, 0.15) is 12.4 Å². The molecule has 0 N–H and O–H groups in total. The number of hydrogen-bond donors (Lipinski definition) is 0. The third-order valence-electron chi connectivity index (χ3n) is 4.79. The first-order valence-corrected chi connectivity index (χ1v) is 9.46. The molecule has 0 unspecified atom stereocenters. The van der Waals surface area contributed by atoms with Crippen molar-refractivity contribution in [3.63, 3.8) is 0 Å². The lowest BCUT2D eigenvalue weighted by Gasteiger charge is -2.29. The van der Waals surface area contributed by atoms with Crippen LogP contribution < -0.4 is 9.64 Å². The second kappa shape index (κ2) is 7.85. The van der Waals surface area contributed by atoms with Gasteiger partial charge in [0.2, 0.25) is 0 Å². The van der Waals surface area contributed by atoms with Gasteiger partial charge in [0, 0.05) is 28.4 Å². The van der Waals surface area contributed by atoms with Gasteiger partial charge >= 0.3 is 0 Å². The fourth-order valence-corrected chi connectivity index (χ4v) is 3.59. The molecule has 1 amide bonds. The number of fused-ring (bicyclic) bond motifs is 1. The zero-order valence-electron chi connectivity index (χ0n) is 14.9. The van der Waals surface area contributed by atoms with E-state index in [1.54, 1.807) is 6.07 Å². The number of aryl methyl sites for hydroxylation is 1. The average Bonchev–Trinajstić information content (AvgIpc) is 2.72. The zero-order chi connectivity index (χ0) is 18.6. The first-order valence-electron chi connectivity index (χ1n) is 9.08. The fourth-order valence-electron chi connectivity index (χ4n) is 3.40. The van der Waals surface area contributed by atoms with Crippen molar-refractivity contribution in [2.45, 2.75) is 19.4 Å². The summed E-state index contributed by atoms with van der Waals surface area (Å²) in [6.45, 7) is 1.10. The molecule has 3 aromatic rings. The predicted octanol–water partition coefficient (Wildman–Crippen LogP) is 5.51. The van der Waals surface area contributed by atoms with Gasteiger partial charge in [0.25, 0.3) is 5.91 Å². The van der Waals surface area contributed by atoms with Crippen LogP contribution in [0.1, 0.15) is 27.9 Å². The summed E-state index contributed by atoms with van der Waals surface area (Å²) in [5.74, 6) is 0.663. The summed E-state index contributed by atoms with van der Waals surface area (Å²) in [5.41, 5.74) is 3.78. The van der Waals surface area contributed by atoms with Crippen LogP contribution >= 0.6 is 11.6 Å². The Bertz CT molecular complexity index is 970. The molecule has 1 aliphatic heterocycles. The molecule has 136 valence electrons. The van der Waals surface area contributed by atoms with Crippen LogP contribution in [0.5, 0.6) is 5.75 Å². The molecule has 1 aliphatic rings. The van der Waals surface area contributed by atoms with Crippen LogP contribution in [0.2, 0.25) is 5.02 Å². The highest BCUT2D eigenvalue weighted by Gasteiger charge is 2.23. The Morgan fingerprint density at radius 1 is 1.00 bits per heavy atom. The number of carbonyl (C=O) groups is 1. The summed E-state index contributed by atoms with van der Waals surface area (Å²) in [5, 5.41) is 0.676. The molecule has 0 radical (unpaired) electrons. The van der Waals surface area contributed by atoms with Crippen molar-refractivity contribution in [1.29, 1.82) is 0 Å². The number of benzene rings is 3. The fraction of sp³-hybridized carbons (Fsp3) is 0.174. The largest absolute Gasteiger partial charge is 0.489 e. The molecule has 1 heterocycles. The summed E-state index contributed by atoms with van der Waals surface area (Å²) in [7, 11) is 0. The van der Waals surface area contributed by atoms with Crippen molar-refractivity contribution in [3.8, 4) is 5.75 Å². The minimum atomic E-state index is 0.00495. The van der Waals surface area contributed by atoms with Gasteiger partial charge in [-0.25, -0.2) is 0 Å². The van der Waals surface area contributed by atoms with Gasteiger partial charge in [-0.15, -0.1) is 0 Å². The monoisotopic (exact) mass is 377 g/mol. The number of amides is 1. The number of nitrogens with zero attached hydrogens (tertiary/aromatic N) is 1. The molecule has 0 bridgehead atoms. The number of halogens is 1. The van der Waals surface area contributed by atoms with E-state index < -0.39 is 0 Å². The Balaban J connectivity index is 1.53. The van der Waals surface area contributed by atoms with E-state index in [0.717, 1.165) is 30.6 Å². The van der Waals surface area contributed by atoms with E-state index in [1.807, 2.05) is 65.6 Å². The van der Waals surface area contributed by atoms with E-state index in [1.165, 1.54) is 5.56 Å². The maximum atomic E-state index is 13.1. The van der Waals surface area contributed by atoms with Gasteiger partial charge in [-0.1, -0.05) is 54.1 Å². The lowest BCUT2D eigenvalue weighted by molar-refractivity contribution is 0.0984. The topological polar surface area (TPSA) is 29.5 Å². The highest BCUT2D eigenvalue weighted by atomic mass is 35.5. The van der Waals surface area contributed by atoms with E-state index in [-0.39, 0.29) is 5.91 Å². The van der Waals surface area contributed by atoms with Crippen molar-refractivity contribution in [3.05, 3.63) is 94.5 Å². The lowest BCUT2D eigenvalue weighted by Crippen LogP contribution is -2.35. The Morgan fingerprint density at radius 2 is 1.81 bits per heavy atom. The Labute approximate surface area is 164 Å². The SMILES string of the molecule is O=C(c1cccc(OCc2ccccc2Cl)c1)N1CCCc2ccccc21.